The molecule has 1 aromatic heterocycles. The summed E-state index contributed by atoms with van der Waals surface area (Å²) in [6.07, 6.45) is 3.32. The van der Waals surface area contributed by atoms with Crippen LogP contribution in [0.2, 0.25) is 0 Å². The van der Waals surface area contributed by atoms with Gasteiger partial charge in [0, 0.05) is 18.1 Å². The van der Waals surface area contributed by atoms with Crippen LogP contribution in [0.4, 0.5) is 20.2 Å². The van der Waals surface area contributed by atoms with Crippen molar-refractivity contribution in [1.82, 2.24) is 4.98 Å². The molecule has 0 unspecified atom stereocenters. The zero-order valence-corrected chi connectivity index (χ0v) is 10.7. The molecule has 0 spiro atoms. The van der Waals surface area contributed by atoms with Crippen molar-refractivity contribution in [1.29, 1.82) is 0 Å². The Balaban J connectivity index is 2.09. The summed E-state index contributed by atoms with van der Waals surface area (Å²) in [6, 6.07) is 8.07. The molecule has 0 aliphatic heterocycles. The quantitative estimate of drug-likeness (QED) is 0.918. The number of benzene rings is 1. The molecule has 2 aromatic rings. The van der Waals surface area contributed by atoms with E-state index in [9.17, 15) is 8.78 Å². The molecule has 0 saturated heterocycles. The van der Waals surface area contributed by atoms with E-state index in [4.69, 9.17) is 0 Å². The minimum Gasteiger partial charge on any atom is -0.435 e. The fourth-order valence-electron chi connectivity index (χ4n) is 1.35. The van der Waals surface area contributed by atoms with E-state index in [-0.39, 0.29) is 5.75 Å². The van der Waals surface area contributed by atoms with E-state index < -0.39 is 6.61 Å². The van der Waals surface area contributed by atoms with E-state index in [2.05, 4.69) is 31.0 Å². The van der Waals surface area contributed by atoms with Gasteiger partial charge in [0.05, 0.1) is 10.2 Å². The van der Waals surface area contributed by atoms with Crippen LogP contribution in [0.15, 0.2) is 47.2 Å². The van der Waals surface area contributed by atoms with Crippen molar-refractivity contribution in [2.45, 2.75) is 6.61 Å². The van der Waals surface area contributed by atoms with Gasteiger partial charge in [-0.3, -0.25) is 4.98 Å². The third-order valence-electron chi connectivity index (χ3n) is 2.13. The van der Waals surface area contributed by atoms with Crippen molar-refractivity contribution in [3.8, 4) is 5.75 Å². The Kier molecular flexibility index (Phi) is 4.09. The standard InChI is InChI=1S/C12H9BrF2N2O/c13-10-7-16-6-5-11(10)17-8-1-3-9(4-2-8)18-12(14)15/h1-7,12H,(H,16,17). The first-order valence-corrected chi connectivity index (χ1v) is 5.86. The van der Waals surface area contributed by atoms with E-state index in [0.29, 0.717) is 0 Å². The van der Waals surface area contributed by atoms with Crippen molar-refractivity contribution in [3.63, 3.8) is 0 Å². The number of ether oxygens (including phenoxy) is 1. The second kappa shape index (κ2) is 5.77. The number of nitrogens with zero attached hydrogens (tertiary/aromatic N) is 1. The molecule has 1 heterocycles. The molecule has 3 nitrogen and oxygen atoms in total. The summed E-state index contributed by atoms with van der Waals surface area (Å²) >= 11 is 3.35. The summed E-state index contributed by atoms with van der Waals surface area (Å²) in [4.78, 5) is 3.94. The van der Waals surface area contributed by atoms with Gasteiger partial charge in [0.25, 0.3) is 0 Å². The van der Waals surface area contributed by atoms with Gasteiger partial charge in [0.15, 0.2) is 0 Å². The molecule has 2 rings (SSSR count). The van der Waals surface area contributed by atoms with E-state index in [1.807, 2.05) is 0 Å². The molecule has 0 aliphatic rings. The zero-order valence-electron chi connectivity index (χ0n) is 9.11. The fraction of sp³-hybridized carbons (Fsp3) is 0.0833. The largest absolute Gasteiger partial charge is 0.435 e. The summed E-state index contributed by atoms with van der Waals surface area (Å²) in [5, 5.41) is 3.12. The third kappa shape index (κ3) is 3.40. The van der Waals surface area contributed by atoms with Crippen molar-refractivity contribution >= 4 is 27.3 Å². The molecule has 0 radical (unpaired) electrons. The lowest BCUT2D eigenvalue weighted by atomic mass is 10.3. The highest BCUT2D eigenvalue weighted by molar-refractivity contribution is 9.10. The zero-order chi connectivity index (χ0) is 13.0. The van der Waals surface area contributed by atoms with Gasteiger partial charge in [-0.1, -0.05) is 0 Å². The van der Waals surface area contributed by atoms with Gasteiger partial charge in [0.2, 0.25) is 0 Å². The summed E-state index contributed by atoms with van der Waals surface area (Å²) < 4.78 is 29.0. The van der Waals surface area contributed by atoms with E-state index in [1.165, 1.54) is 12.1 Å². The topological polar surface area (TPSA) is 34.1 Å². The van der Waals surface area contributed by atoms with Crippen LogP contribution in [-0.4, -0.2) is 11.6 Å². The Morgan fingerprint density at radius 1 is 1.17 bits per heavy atom. The van der Waals surface area contributed by atoms with Crippen molar-refractivity contribution < 1.29 is 13.5 Å². The smallest absolute Gasteiger partial charge is 0.387 e. The molecule has 1 N–H and O–H groups in total. The lowest BCUT2D eigenvalue weighted by molar-refractivity contribution is -0.0498. The number of hydrogen-bond donors (Lipinski definition) is 1. The lowest BCUT2D eigenvalue weighted by Crippen LogP contribution is -2.01. The molecule has 0 fully saturated rings. The van der Waals surface area contributed by atoms with Crippen LogP contribution >= 0.6 is 15.9 Å². The molecule has 0 aliphatic carbocycles. The van der Waals surface area contributed by atoms with E-state index in [0.717, 1.165) is 15.8 Å². The van der Waals surface area contributed by atoms with Gasteiger partial charge in [-0.2, -0.15) is 8.78 Å². The molecule has 0 amide bonds. The van der Waals surface area contributed by atoms with Gasteiger partial charge >= 0.3 is 6.61 Å². The minimum absolute atomic E-state index is 0.129. The predicted octanol–water partition coefficient (Wildman–Crippen LogP) is 4.19. The number of halogens is 3. The van der Waals surface area contributed by atoms with Crippen LogP contribution in [0.5, 0.6) is 5.75 Å². The summed E-state index contributed by atoms with van der Waals surface area (Å²) in [6.45, 7) is -2.81. The highest BCUT2D eigenvalue weighted by atomic mass is 79.9. The predicted molar refractivity (Wildman–Crippen MR) is 68.3 cm³/mol. The maximum Gasteiger partial charge on any atom is 0.387 e. The minimum atomic E-state index is -2.81. The first kappa shape index (κ1) is 12.8. The van der Waals surface area contributed by atoms with Gasteiger partial charge in [-0.25, -0.2) is 0 Å². The Labute approximate surface area is 111 Å². The number of aromatic nitrogens is 1. The van der Waals surface area contributed by atoms with Gasteiger partial charge in [-0.15, -0.1) is 0 Å². The fourth-order valence-corrected chi connectivity index (χ4v) is 1.70. The molecule has 0 saturated carbocycles. The molecule has 0 atom stereocenters. The first-order valence-electron chi connectivity index (χ1n) is 5.06. The molecule has 0 bridgehead atoms. The van der Waals surface area contributed by atoms with Crippen LogP contribution in [0.3, 0.4) is 0 Å². The molecule has 6 heteroatoms. The van der Waals surface area contributed by atoms with Crippen molar-refractivity contribution in [2.75, 3.05) is 5.32 Å². The number of nitrogens with one attached hydrogen (secondary N) is 1. The molecule has 1 aromatic carbocycles. The van der Waals surface area contributed by atoms with Crippen LogP contribution in [0.25, 0.3) is 0 Å². The maximum absolute atomic E-state index is 12.0. The highest BCUT2D eigenvalue weighted by Gasteiger charge is 2.04. The van der Waals surface area contributed by atoms with Crippen LogP contribution in [0, 0.1) is 0 Å². The Bertz CT molecular complexity index is 520. The summed E-state index contributed by atoms with van der Waals surface area (Å²) in [5.41, 5.74) is 1.61. The highest BCUT2D eigenvalue weighted by Crippen LogP contribution is 2.25. The van der Waals surface area contributed by atoms with Gasteiger partial charge in [-0.05, 0) is 46.3 Å². The number of hydrogen-bond acceptors (Lipinski definition) is 3. The average molecular weight is 315 g/mol. The van der Waals surface area contributed by atoms with Crippen molar-refractivity contribution in [3.05, 3.63) is 47.2 Å². The Hall–Kier alpha value is -1.69. The molecular weight excluding hydrogens is 306 g/mol. The second-order valence-electron chi connectivity index (χ2n) is 3.38. The van der Waals surface area contributed by atoms with Crippen LogP contribution in [-0.2, 0) is 0 Å². The third-order valence-corrected chi connectivity index (χ3v) is 2.76. The first-order chi connectivity index (χ1) is 8.65. The van der Waals surface area contributed by atoms with Gasteiger partial charge in [0.1, 0.15) is 5.75 Å². The maximum atomic E-state index is 12.0. The average Bonchev–Trinajstić information content (AvgIpc) is 2.34. The summed E-state index contributed by atoms with van der Waals surface area (Å²) in [5.74, 6) is 0.129. The molecule has 94 valence electrons. The van der Waals surface area contributed by atoms with E-state index in [1.54, 1.807) is 30.6 Å². The monoisotopic (exact) mass is 314 g/mol. The number of anilines is 2. The molecular formula is C12H9BrF2N2O. The number of pyridine rings is 1. The number of alkyl halides is 2. The van der Waals surface area contributed by atoms with Gasteiger partial charge < -0.3 is 10.1 Å². The Morgan fingerprint density at radius 3 is 2.50 bits per heavy atom. The second-order valence-corrected chi connectivity index (χ2v) is 4.24. The van der Waals surface area contributed by atoms with Crippen LogP contribution < -0.4 is 10.1 Å². The summed E-state index contributed by atoms with van der Waals surface area (Å²) in [7, 11) is 0. The van der Waals surface area contributed by atoms with Crippen molar-refractivity contribution in [2.24, 2.45) is 0 Å². The lowest BCUT2D eigenvalue weighted by Gasteiger charge is -2.09. The van der Waals surface area contributed by atoms with Crippen LogP contribution in [0.1, 0.15) is 0 Å². The molecule has 18 heavy (non-hydrogen) atoms. The SMILES string of the molecule is FC(F)Oc1ccc(Nc2ccncc2Br)cc1. The number of rotatable bonds is 4. The van der Waals surface area contributed by atoms with E-state index >= 15 is 0 Å². The Morgan fingerprint density at radius 2 is 1.89 bits per heavy atom. The normalized spacial score (nSPS) is 10.4.